The fourth-order valence-corrected chi connectivity index (χ4v) is 3.19. The van der Waals surface area contributed by atoms with Crippen molar-refractivity contribution in [2.45, 2.75) is 97.5 Å². The van der Waals surface area contributed by atoms with Crippen LogP contribution in [0.25, 0.3) is 0 Å². The van der Waals surface area contributed by atoms with Gasteiger partial charge in [-0.3, -0.25) is 14.4 Å². The molecular weight excluding hydrogens is 538 g/mol. The highest BCUT2D eigenvalue weighted by atomic mass is 19.2. The summed E-state index contributed by atoms with van der Waals surface area (Å²) in [6.07, 6.45) is -1.90. The first-order valence-corrected chi connectivity index (χ1v) is 12.9. The molecule has 1 unspecified atom stereocenters. The zero-order valence-electron chi connectivity index (χ0n) is 24.3. The molecule has 3 N–H and O–H groups in total. The molecule has 0 radical (unpaired) electrons. The van der Waals surface area contributed by atoms with Gasteiger partial charge in [0, 0.05) is 37.5 Å². The molecule has 0 bridgehead atoms. The first kappa shape index (κ1) is 36.6. The van der Waals surface area contributed by atoms with Gasteiger partial charge < -0.3 is 25.4 Å². The molecule has 40 heavy (non-hydrogen) atoms. The summed E-state index contributed by atoms with van der Waals surface area (Å²) >= 11 is 0. The zero-order valence-corrected chi connectivity index (χ0v) is 24.3. The van der Waals surface area contributed by atoms with Crippen LogP contribution in [0.4, 0.5) is 22.4 Å². The van der Waals surface area contributed by atoms with E-state index in [1.807, 2.05) is 13.8 Å². The third-order valence-electron chi connectivity index (χ3n) is 5.05. The summed E-state index contributed by atoms with van der Waals surface area (Å²) in [7, 11) is 1.17. The predicted octanol–water partition coefficient (Wildman–Crippen LogP) is 4.26. The van der Waals surface area contributed by atoms with Crippen molar-refractivity contribution in [2.75, 3.05) is 13.7 Å². The second-order valence-electron chi connectivity index (χ2n) is 10.2. The molecule has 9 nitrogen and oxygen atoms in total. The van der Waals surface area contributed by atoms with E-state index in [-0.39, 0.29) is 24.9 Å². The van der Waals surface area contributed by atoms with Crippen LogP contribution in [0.3, 0.4) is 0 Å². The Bertz CT molecular complexity index is 1010. The van der Waals surface area contributed by atoms with Crippen LogP contribution in [0.2, 0.25) is 0 Å². The highest BCUT2D eigenvalue weighted by molar-refractivity contribution is 5.84. The number of nitrogens with one attached hydrogen (secondary N) is 3. The lowest BCUT2D eigenvalue weighted by Crippen LogP contribution is -2.49. The monoisotopic (exact) mass is 579 g/mol. The van der Waals surface area contributed by atoms with Crippen molar-refractivity contribution >= 4 is 23.9 Å². The lowest BCUT2D eigenvalue weighted by Gasteiger charge is -2.25. The average Bonchev–Trinajstić information content (AvgIpc) is 2.82. The van der Waals surface area contributed by atoms with Crippen LogP contribution in [0.15, 0.2) is 12.1 Å². The van der Waals surface area contributed by atoms with Crippen LogP contribution in [-0.4, -0.2) is 60.9 Å². The Morgan fingerprint density at radius 1 is 0.900 bits per heavy atom. The van der Waals surface area contributed by atoms with E-state index >= 15 is 0 Å². The van der Waals surface area contributed by atoms with Crippen LogP contribution in [0.1, 0.15) is 73.3 Å². The Labute approximate surface area is 232 Å². The minimum absolute atomic E-state index is 0.0212. The van der Waals surface area contributed by atoms with E-state index in [1.165, 1.54) is 7.11 Å². The summed E-state index contributed by atoms with van der Waals surface area (Å²) in [6, 6.07) is -0.979. The van der Waals surface area contributed by atoms with E-state index in [2.05, 4.69) is 20.7 Å². The van der Waals surface area contributed by atoms with Crippen molar-refractivity contribution in [2.24, 2.45) is 0 Å². The molecule has 0 saturated heterocycles. The second kappa shape index (κ2) is 16.7. The van der Waals surface area contributed by atoms with E-state index < -0.39 is 77.5 Å². The normalized spacial score (nSPS) is 12.7. The molecular formula is C27H41F4N3O6. The molecule has 0 aliphatic carbocycles. The van der Waals surface area contributed by atoms with Gasteiger partial charge in [-0.15, -0.1) is 0 Å². The summed E-state index contributed by atoms with van der Waals surface area (Å²) in [5.41, 5.74) is -3.38. The van der Waals surface area contributed by atoms with Crippen molar-refractivity contribution in [3.63, 3.8) is 0 Å². The molecule has 0 heterocycles. The van der Waals surface area contributed by atoms with E-state index in [1.54, 1.807) is 20.8 Å². The Kier molecular flexibility index (Phi) is 15.3. The molecule has 0 aromatic heterocycles. The van der Waals surface area contributed by atoms with Crippen molar-refractivity contribution < 1.29 is 46.2 Å². The Hall–Kier alpha value is -3.38. The number of methoxy groups -OCH3 is 1. The smallest absolute Gasteiger partial charge is 0.407 e. The third-order valence-corrected chi connectivity index (χ3v) is 5.05. The highest BCUT2D eigenvalue weighted by Crippen LogP contribution is 2.17. The van der Waals surface area contributed by atoms with Crippen LogP contribution in [0.5, 0.6) is 0 Å². The summed E-state index contributed by atoms with van der Waals surface area (Å²) in [5.74, 6) is -6.00. The van der Waals surface area contributed by atoms with Gasteiger partial charge in [0.25, 0.3) is 5.91 Å². The number of halogens is 4. The van der Waals surface area contributed by atoms with E-state index in [0.717, 1.165) is 13.8 Å². The van der Waals surface area contributed by atoms with Gasteiger partial charge in [0.1, 0.15) is 11.4 Å². The zero-order chi connectivity index (χ0) is 31.3. The predicted molar refractivity (Wildman–Crippen MR) is 141 cm³/mol. The number of carbonyl (C=O) groups is 4. The molecule has 0 saturated carbocycles. The first-order valence-electron chi connectivity index (χ1n) is 12.9. The van der Waals surface area contributed by atoms with Crippen LogP contribution in [0, 0.1) is 17.5 Å². The molecule has 3 amide bonds. The van der Waals surface area contributed by atoms with Crippen molar-refractivity contribution in [1.29, 1.82) is 0 Å². The lowest BCUT2D eigenvalue weighted by molar-refractivity contribution is -0.141. The van der Waals surface area contributed by atoms with Gasteiger partial charge in [0.15, 0.2) is 17.3 Å². The van der Waals surface area contributed by atoms with Crippen LogP contribution >= 0.6 is 0 Å². The molecule has 0 aliphatic rings. The molecule has 13 heteroatoms. The third kappa shape index (κ3) is 14.7. The first-order chi connectivity index (χ1) is 18.4. The minimum atomic E-state index is -2.19. The molecule has 1 aromatic rings. The SMILES string of the molecule is CC.COC(=O)CC[C@@H](CNC(=O)C(C)(C)F)NC(=O)CC(Cc1cc(F)c(F)cc1F)NC(=O)OC(C)(C)C. The molecule has 1 rings (SSSR count). The maximum Gasteiger partial charge on any atom is 0.407 e. The van der Waals surface area contributed by atoms with E-state index in [0.29, 0.717) is 12.1 Å². The van der Waals surface area contributed by atoms with Crippen molar-refractivity contribution in [3.05, 3.63) is 35.1 Å². The second-order valence-corrected chi connectivity index (χ2v) is 10.2. The fraction of sp³-hybridized carbons (Fsp3) is 0.630. The van der Waals surface area contributed by atoms with Gasteiger partial charge in [-0.05, 0) is 59.1 Å². The maximum absolute atomic E-state index is 14.3. The summed E-state index contributed by atoms with van der Waals surface area (Å²) in [6.45, 7) is 10.7. The molecule has 0 spiro atoms. The quantitative estimate of drug-likeness (QED) is 0.193. The van der Waals surface area contributed by atoms with Gasteiger partial charge in [0.2, 0.25) is 5.91 Å². The number of alkyl halides is 1. The Balaban J connectivity index is 0.00000742. The Morgan fingerprint density at radius 3 is 2.00 bits per heavy atom. The lowest BCUT2D eigenvalue weighted by atomic mass is 10.0. The molecule has 2 atom stereocenters. The average molecular weight is 580 g/mol. The number of carbonyl (C=O) groups excluding carboxylic acids is 4. The molecule has 0 aliphatic heterocycles. The number of benzene rings is 1. The Morgan fingerprint density at radius 2 is 1.48 bits per heavy atom. The summed E-state index contributed by atoms with van der Waals surface area (Å²) in [4.78, 5) is 48.6. The topological polar surface area (TPSA) is 123 Å². The number of esters is 1. The van der Waals surface area contributed by atoms with E-state index in [9.17, 15) is 36.7 Å². The molecule has 1 aromatic carbocycles. The van der Waals surface area contributed by atoms with E-state index in [4.69, 9.17) is 4.74 Å². The number of ether oxygens (including phenoxy) is 2. The van der Waals surface area contributed by atoms with Gasteiger partial charge >= 0.3 is 12.1 Å². The van der Waals surface area contributed by atoms with Gasteiger partial charge in [0.05, 0.1) is 7.11 Å². The standard InChI is InChI=1S/C25H35F4N3O6.C2H6/c1-24(2,3)38-23(36)32-16(9-14-10-18(27)19(28)12-17(14)26)11-20(33)31-15(7-8-21(34)37-6)13-30-22(35)25(4,5)29;1-2/h10,12,15-16H,7-9,11,13H2,1-6H3,(H,30,35)(H,31,33)(H,32,36);1-2H3/t15-,16?;/m0./s1. The van der Waals surface area contributed by atoms with Crippen molar-refractivity contribution in [1.82, 2.24) is 16.0 Å². The molecule has 0 fully saturated rings. The summed E-state index contributed by atoms with van der Waals surface area (Å²) in [5, 5.41) is 7.33. The van der Waals surface area contributed by atoms with Crippen molar-refractivity contribution in [3.8, 4) is 0 Å². The fourth-order valence-electron chi connectivity index (χ4n) is 3.19. The number of hydrogen-bond donors (Lipinski definition) is 3. The minimum Gasteiger partial charge on any atom is -0.469 e. The number of alkyl carbamates (subject to hydrolysis) is 1. The van der Waals surface area contributed by atoms with Crippen LogP contribution in [-0.2, 0) is 30.3 Å². The number of rotatable bonds is 12. The number of hydrogen-bond acceptors (Lipinski definition) is 6. The molecule has 228 valence electrons. The van der Waals surface area contributed by atoms with Crippen LogP contribution < -0.4 is 16.0 Å². The number of amides is 3. The largest absolute Gasteiger partial charge is 0.469 e. The highest BCUT2D eigenvalue weighted by Gasteiger charge is 2.28. The van der Waals surface area contributed by atoms with Gasteiger partial charge in [-0.25, -0.2) is 22.4 Å². The van der Waals surface area contributed by atoms with Gasteiger partial charge in [-0.2, -0.15) is 0 Å². The maximum atomic E-state index is 14.3. The van der Waals surface area contributed by atoms with Gasteiger partial charge in [-0.1, -0.05) is 13.8 Å². The summed E-state index contributed by atoms with van der Waals surface area (Å²) < 4.78 is 64.9.